The zero-order valence-electron chi connectivity index (χ0n) is 19.1. The first-order valence-electron chi connectivity index (χ1n) is 11.3. The number of morpholine rings is 1. The Kier molecular flexibility index (Phi) is 10.4. The molecule has 1 aliphatic rings. The van der Waals surface area contributed by atoms with E-state index in [1.54, 1.807) is 13.4 Å². The molecule has 1 aromatic carbocycles. The van der Waals surface area contributed by atoms with Gasteiger partial charge < -0.3 is 29.5 Å². The Bertz CT molecular complexity index is 983. The Balaban J connectivity index is 0.00000306. The molecule has 3 N–H and O–H groups in total. The summed E-state index contributed by atoms with van der Waals surface area (Å²) in [6, 6.07) is 9.99. The third-order valence-corrected chi connectivity index (χ3v) is 5.69. The number of fused-ring (bicyclic) bond motifs is 1. The van der Waals surface area contributed by atoms with Gasteiger partial charge in [0.2, 0.25) is 0 Å². The minimum absolute atomic E-state index is 0. The summed E-state index contributed by atoms with van der Waals surface area (Å²) in [4.78, 5) is 10.5. The molecule has 0 spiro atoms. The molecule has 8 nitrogen and oxygen atoms in total. The van der Waals surface area contributed by atoms with E-state index in [9.17, 15) is 0 Å². The first-order valence-corrected chi connectivity index (χ1v) is 11.3. The van der Waals surface area contributed by atoms with Crippen molar-refractivity contribution in [3.63, 3.8) is 0 Å². The Labute approximate surface area is 212 Å². The number of aliphatic imine (C=N–C) groups is 1. The van der Waals surface area contributed by atoms with Crippen LogP contribution in [0.3, 0.4) is 0 Å². The maximum Gasteiger partial charge on any atom is 0.191 e. The van der Waals surface area contributed by atoms with Crippen molar-refractivity contribution in [2.75, 3.05) is 59.6 Å². The molecule has 0 unspecified atom stereocenters. The number of H-pyrrole nitrogens is 1. The van der Waals surface area contributed by atoms with Gasteiger partial charge in [-0.25, -0.2) is 0 Å². The number of aromatic amines is 1. The summed E-state index contributed by atoms with van der Waals surface area (Å²) in [6.07, 6.45) is 5.45. The molecule has 0 aliphatic carbocycles. The van der Waals surface area contributed by atoms with Crippen LogP contribution < -0.4 is 15.4 Å². The number of furan rings is 1. The van der Waals surface area contributed by atoms with Crippen molar-refractivity contribution in [3.8, 4) is 5.75 Å². The highest BCUT2D eigenvalue weighted by atomic mass is 127. The molecule has 4 rings (SSSR count). The fourth-order valence-electron chi connectivity index (χ4n) is 3.96. The number of ether oxygens (including phenoxy) is 2. The summed E-state index contributed by atoms with van der Waals surface area (Å²) in [5.41, 5.74) is 2.32. The first kappa shape index (κ1) is 25.4. The van der Waals surface area contributed by atoms with Crippen LogP contribution in [-0.2, 0) is 17.6 Å². The standard InChI is InChI=1S/C24H33N5O3.HI/c1-30-22-6-2-5-21-23(22)19(18-28-21)7-9-25-24(26-10-8-20-4-3-15-32-20)27-11-12-29-13-16-31-17-14-29;/h2-6,15,18,28H,7-14,16-17H2,1H3,(H2,25,26,27);1H. The minimum Gasteiger partial charge on any atom is -0.496 e. The van der Waals surface area contributed by atoms with E-state index in [1.807, 2.05) is 24.3 Å². The van der Waals surface area contributed by atoms with Crippen LogP contribution in [0.4, 0.5) is 0 Å². The van der Waals surface area contributed by atoms with Gasteiger partial charge in [0.1, 0.15) is 11.5 Å². The second kappa shape index (κ2) is 13.5. The van der Waals surface area contributed by atoms with Crippen LogP contribution in [0, 0.1) is 0 Å². The van der Waals surface area contributed by atoms with Crippen LogP contribution in [0.1, 0.15) is 11.3 Å². The van der Waals surface area contributed by atoms with Gasteiger partial charge in [-0.15, -0.1) is 24.0 Å². The van der Waals surface area contributed by atoms with Gasteiger partial charge in [-0.05, 0) is 36.2 Å². The third kappa shape index (κ3) is 7.38. The Hall–Kier alpha value is -2.24. The molecule has 3 aromatic rings. The number of benzene rings is 1. The van der Waals surface area contributed by atoms with Crippen molar-refractivity contribution >= 4 is 40.8 Å². The molecular formula is C24H34IN5O3. The van der Waals surface area contributed by atoms with Gasteiger partial charge in [-0.3, -0.25) is 9.89 Å². The van der Waals surface area contributed by atoms with Gasteiger partial charge in [0.15, 0.2) is 5.96 Å². The quantitative estimate of drug-likeness (QED) is 0.199. The SMILES string of the molecule is COc1cccc2[nH]cc(CCNC(=NCCN3CCOCC3)NCCc3ccco3)c12.I. The van der Waals surface area contributed by atoms with E-state index in [0.29, 0.717) is 0 Å². The number of halogens is 1. The lowest BCUT2D eigenvalue weighted by Gasteiger charge is -2.25. The third-order valence-electron chi connectivity index (χ3n) is 5.69. The van der Waals surface area contributed by atoms with Crippen molar-refractivity contribution in [1.82, 2.24) is 20.5 Å². The van der Waals surface area contributed by atoms with Crippen LogP contribution in [0.25, 0.3) is 10.9 Å². The smallest absolute Gasteiger partial charge is 0.191 e. The van der Waals surface area contributed by atoms with Gasteiger partial charge in [-0.1, -0.05) is 6.07 Å². The maximum atomic E-state index is 5.55. The molecule has 1 aliphatic heterocycles. The van der Waals surface area contributed by atoms with Crippen molar-refractivity contribution in [1.29, 1.82) is 0 Å². The molecular weight excluding hydrogens is 533 g/mol. The second-order valence-electron chi connectivity index (χ2n) is 7.81. The van der Waals surface area contributed by atoms with Crippen molar-refractivity contribution in [2.45, 2.75) is 12.8 Å². The number of nitrogens with zero attached hydrogens (tertiary/aromatic N) is 2. The Morgan fingerprint density at radius 2 is 1.94 bits per heavy atom. The molecule has 0 atom stereocenters. The molecule has 1 fully saturated rings. The summed E-state index contributed by atoms with van der Waals surface area (Å²) in [6.45, 7) is 6.80. The van der Waals surface area contributed by atoms with Crippen LogP contribution in [0.2, 0.25) is 0 Å². The van der Waals surface area contributed by atoms with Gasteiger partial charge in [0, 0.05) is 56.2 Å². The van der Waals surface area contributed by atoms with Crippen LogP contribution in [0.5, 0.6) is 5.75 Å². The first-order chi connectivity index (χ1) is 15.8. The zero-order valence-corrected chi connectivity index (χ0v) is 21.5. The normalized spacial score (nSPS) is 14.8. The average Bonchev–Trinajstić information content (AvgIpc) is 3.49. The molecule has 0 saturated carbocycles. The lowest BCUT2D eigenvalue weighted by Crippen LogP contribution is -2.41. The predicted molar refractivity (Wildman–Crippen MR) is 142 cm³/mol. The number of hydrogen-bond donors (Lipinski definition) is 3. The average molecular weight is 567 g/mol. The lowest BCUT2D eigenvalue weighted by molar-refractivity contribution is 0.0394. The topological polar surface area (TPSA) is 87.0 Å². The van der Waals surface area contributed by atoms with E-state index in [0.717, 1.165) is 93.7 Å². The molecule has 33 heavy (non-hydrogen) atoms. The van der Waals surface area contributed by atoms with Gasteiger partial charge in [0.05, 0.1) is 33.1 Å². The van der Waals surface area contributed by atoms with Crippen molar-refractivity contribution < 1.29 is 13.9 Å². The zero-order chi connectivity index (χ0) is 22.0. The summed E-state index contributed by atoms with van der Waals surface area (Å²) >= 11 is 0. The lowest BCUT2D eigenvalue weighted by atomic mass is 10.1. The van der Waals surface area contributed by atoms with Crippen molar-refractivity contribution in [3.05, 3.63) is 54.1 Å². The number of rotatable bonds is 10. The number of hydrogen-bond acceptors (Lipinski definition) is 5. The fourth-order valence-corrected chi connectivity index (χ4v) is 3.96. The highest BCUT2D eigenvalue weighted by molar-refractivity contribution is 14.0. The molecule has 180 valence electrons. The minimum atomic E-state index is 0. The molecule has 0 amide bonds. The molecule has 1 saturated heterocycles. The predicted octanol–water partition coefficient (Wildman–Crippen LogP) is 3.04. The molecule has 0 bridgehead atoms. The van der Waals surface area contributed by atoms with Crippen LogP contribution >= 0.6 is 24.0 Å². The van der Waals surface area contributed by atoms with Crippen LogP contribution in [0.15, 0.2) is 52.2 Å². The van der Waals surface area contributed by atoms with E-state index >= 15 is 0 Å². The van der Waals surface area contributed by atoms with Gasteiger partial charge in [0.25, 0.3) is 0 Å². The van der Waals surface area contributed by atoms with E-state index in [4.69, 9.17) is 18.9 Å². The summed E-state index contributed by atoms with van der Waals surface area (Å²) in [5, 5.41) is 8.07. The Morgan fingerprint density at radius 3 is 2.70 bits per heavy atom. The number of guanidine groups is 1. The molecule has 9 heteroatoms. The summed E-state index contributed by atoms with van der Waals surface area (Å²) < 4.78 is 16.4. The number of aromatic nitrogens is 1. The number of methoxy groups -OCH3 is 1. The van der Waals surface area contributed by atoms with Crippen LogP contribution in [-0.4, -0.2) is 75.4 Å². The van der Waals surface area contributed by atoms with Gasteiger partial charge >= 0.3 is 0 Å². The number of nitrogens with one attached hydrogen (secondary N) is 3. The summed E-state index contributed by atoms with van der Waals surface area (Å²) in [5.74, 6) is 2.70. The maximum absolute atomic E-state index is 5.55. The molecule has 0 radical (unpaired) electrons. The van der Waals surface area contributed by atoms with E-state index in [-0.39, 0.29) is 24.0 Å². The monoisotopic (exact) mass is 567 g/mol. The van der Waals surface area contributed by atoms with E-state index < -0.39 is 0 Å². The highest BCUT2D eigenvalue weighted by Crippen LogP contribution is 2.28. The molecule has 2 aromatic heterocycles. The largest absolute Gasteiger partial charge is 0.496 e. The van der Waals surface area contributed by atoms with Crippen molar-refractivity contribution in [2.24, 2.45) is 4.99 Å². The van der Waals surface area contributed by atoms with E-state index in [1.165, 1.54) is 5.56 Å². The van der Waals surface area contributed by atoms with Gasteiger partial charge in [-0.2, -0.15) is 0 Å². The summed E-state index contributed by atoms with van der Waals surface area (Å²) in [7, 11) is 1.71. The fraction of sp³-hybridized carbons (Fsp3) is 0.458. The Morgan fingerprint density at radius 1 is 1.12 bits per heavy atom. The molecule has 3 heterocycles. The second-order valence-corrected chi connectivity index (χ2v) is 7.81. The highest BCUT2D eigenvalue weighted by Gasteiger charge is 2.11. The van der Waals surface area contributed by atoms with E-state index in [2.05, 4.69) is 32.8 Å².